The van der Waals surface area contributed by atoms with Crippen molar-refractivity contribution in [3.63, 3.8) is 0 Å². The van der Waals surface area contributed by atoms with Crippen molar-refractivity contribution >= 4 is 16.7 Å². The third kappa shape index (κ3) is 2.46. The number of benzene rings is 2. The summed E-state index contributed by atoms with van der Waals surface area (Å²) < 4.78 is 5.51. The van der Waals surface area contributed by atoms with Crippen LogP contribution in [0.2, 0.25) is 0 Å². The van der Waals surface area contributed by atoms with Crippen LogP contribution in [0, 0.1) is 11.8 Å². The van der Waals surface area contributed by atoms with E-state index in [-0.39, 0.29) is 5.97 Å². The van der Waals surface area contributed by atoms with Gasteiger partial charge in [0.05, 0.1) is 12.2 Å². The van der Waals surface area contributed by atoms with E-state index in [0.717, 1.165) is 29.2 Å². The molecule has 2 aromatic rings. The third-order valence-corrected chi connectivity index (χ3v) is 5.28. The molecular formula is C21H22O2. The summed E-state index contributed by atoms with van der Waals surface area (Å²) in [6, 6.07) is 12.4. The number of fused-ring (bicyclic) bond motifs is 3. The van der Waals surface area contributed by atoms with E-state index in [1.807, 2.05) is 25.1 Å². The summed E-state index contributed by atoms with van der Waals surface area (Å²) in [6.07, 6.45) is 7.93. The Bertz CT molecular complexity index is 775. The van der Waals surface area contributed by atoms with Crippen LogP contribution in [0.25, 0.3) is 10.8 Å². The summed E-state index contributed by atoms with van der Waals surface area (Å²) in [5.74, 6) is 1.57. The zero-order valence-electron chi connectivity index (χ0n) is 13.5. The Morgan fingerprint density at radius 2 is 2.00 bits per heavy atom. The Hall–Kier alpha value is -2.09. The molecule has 2 aromatic carbocycles. The highest BCUT2D eigenvalue weighted by atomic mass is 16.5. The van der Waals surface area contributed by atoms with Crippen LogP contribution in [0.15, 0.2) is 48.6 Å². The topological polar surface area (TPSA) is 26.3 Å². The lowest BCUT2D eigenvalue weighted by Gasteiger charge is -2.22. The smallest absolute Gasteiger partial charge is 0.339 e. The summed E-state index contributed by atoms with van der Waals surface area (Å²) >= 11 is 0. The summed E-state index contributed by atoms with van der Waals surface area (Å²) in [7, 11) is 0. The predicted octanol–water partition coefficient (Wildman–Crippen LogP) is 5.09. The molecule has 3 atom stereocenters. The highest BCUT2D eigenvalue weighted by Gasteiger charge is 2.38. The first kappa shape index (κ1) is 14.5. The van der Waals surface area contributed by atoms with Crippen LogP contribution in [0.3, 0.4) is 0 Å². The number of hydrogen-bond donors (Lipinski definition) is 0. The average molecular weight is 306 g/mol. The van der Waals surface area contributed by atoms with E-state index in [1.165, 1.54) is 12.0 Å². The van der Waals surface area contributed by atoms with Gasteiger partial charge in [0.2, 0.25) is 0 Å². The van der Waals surface area contributed by atoms with Gasteiger partial charge in [-0.3, -0.25) is 0 Å². The van der Waals surface area contributed by atoms with Gasteiger partial charge in [0.15, 0.2) is 0 Å². The lowest BCUT2D eigenvalue weighted by molar-refractivity contribution is 0.0505. The monoisotopic (exact) mass is 306 g/mol. The molecule has 0 heterocycles. The van der Waals surface area contributed by atoms with Gasteiger partial charge in [0.1, 0.15) is 0 Å². The number of carbonyl (C=O) groups excluding carboxylic acids is 1. The average Bonchev–Trinajstić information content (AvgIpc) is 3.21. The van der Waals surface area contributed by atoms with E-state index in [2.05, 4.69) is 30.4 Å². The lowest BCUT2D eigenvalue weighted by atomic mass is 9.82. The standard InChI is InChI=1S/C21H22O2/c1-2-11-23-21(22)20-17-6-4-3-5-15(17)9-10-18(20)19-13-14-7-8-16(19)12-14/h3-10,14,16,19H,2,11-13H2,1H3. The molecule has 2 heteroatoms. The maximum atomic E-state index is 12.8. The summed E-state index contributed by atoms with van der Waals surface area (Å²) in [6.45, 7) is 2.51. The van der Waals surface area contributed by atoms with Crippen molar-refractivity contribution in [2.24, 2.45) is 11.8 Å². The van der Waals surface area contributed by atoms with E-state index in [9.17, 15) is 4.79 Å². The molecule has 4 rings (SSSR count). The highest BCUT2D eigenvalue weighted by molar-refractivity contribution is 6.06. The van der Waals surface area contributed by atoms with Gasteiger partial charge >= 0.3 is 5.97 Å². The van der Waals surface area contributed by atoms with Gasteiger partial charge in [-0.2, -0.15) is 0 Å². The first-order valence-electron chi connectivity index (χ1n) is 8.65. The molecule has 2 bridgehead atoms. The Labute approximate surface area is 137 Å². The zero-order chi connectivity index (χ0) is 15.8. The zero-order valence-corrected chi connectivity index (χ0v) is 13.5. The Morgan fingerprint density at radius 3 is 2.74 bits per heavy atom. The van der Waals surface area contributed by atoms with Gasteiger partial charge in [-0.1, -0.05) is 55.5 Å². The molecule has 0 radical (unpaired) electrons. The fourth-order valence-corrected chi connectivity index (χ4v) is 4.23. The van der Waals surface area contributed by atoms with E-state index in [1.54, 1.807) is 0 Å². The molecule has 1 fully saturated rings. The molecule has 3 unspecified atom stereocenters. The van der Waals surface area contributed by atoms with Crippen LogP contribution in [0.5, 0.6) is 0 Å². The fourth-order valence-electron chi connectivity index (χ4n) is 4.23. The Balaban J connectivity index is 1.83. The lowest BCUT2D eigenvalue weighted by Crippen LogP contribution is -2.14. The van der Waals surface area contributed by atoms with E-state index in [0.29, 0.717) is 24.4 Å². The van der Waals surface area contributed by atoms with Crippen LogP contribution in [0.4, 0.5) is 0 Å². The first-order valence-corrected chi connectivity index (χ1v) is 8.65. The van der Waals surface area contributed by atoms with Crippen molar-refractivity contribution in [2.75, 3.05) is 6.61 Å². The van der Waals surface area contributed by atoms with Crippen molar-refractivity contribution in [3.8, 4) is 0 Å². The van der Waals surface area contributed by atoms with Gasteiger partial charge in [-0.05, 0) is 53.4 Å². The Kier molecular flexibility index (Phi) is 3.68. The number of ether oxygens (including phenoxy) is 1. The van der Waals surface area contributed by atoms with Crippen LogP contribution < -0.4 is 0 Å². The number of allylic oxidation sites excluding steroid dienone is 2. The van der Waals surface area contributed by atoms with Crippen LogP contribution in [-0.2, 0) is 4.74 Å². The van der Waals surface area contributed by atoms with E-state index < -0.39 is 0 Å². The quantitative estimate of drug-likeness (QED) is 0.581. The maximum absolute atomic E-state index is 12.8. The van der Waals surface area contributed by atoms with Gasteiger partial charge in [-0.15, -0.1) is 0 Å². The van der Waals surface area contributed by atoms with E-state index in [4.69, 9.17) is 4.74 Å². The first-order chi connectivity index (χ1) is 11.3. The number of esters is 1. The SMILES string of the molecule is CCCOC(=O)c1c(C2CC3C=CC2C3)ccc2ccccc12. The normalized spacial score (nSPS) is 25.2. The number of rotatable bonds is 4. The third-order valence-electron chi connectivity index (χ3n) is 5.28. The maximum Gasteiger partial charge on any atom is 0.339 e. The van der Waals surface area contributed by atoms with Crippen molar-refractivity contribution in [3.05, 3.63) is 59.7 Å². The summed E-state index contributed by atoms with van der Waals surface area (Å²) in [5.41, 5.74) is 1.98. The molecule has 0 aromatic heterocycles. The molecule has 2 aliphatic rings. The van der Waals surface area contributed by atoms with Crippen molar-refractivity contribution in [2.45, 2.75) is 32.1 Å². The molecule has 0 saturated heterocycles. The Morgan fingerprint density at radius 1 is 1.13 bits per heavy atom. The molecule has 0 amide bonds. The molecule has 0 spiro atoms. The summed E-state index contributed by atoms with van der Waals surface area (Å²) in [5, 5.41) is 2.14. The predicted molar refractivity (Wildman–Crippen MR) is 92.6 cm³/mol. The molecule has 23 heavy (non-hydrogen) atoms. The van der Waals surface area contributed by atoms with Crippen LogP contribution >= 0.6 is 0 Å². The van der Waals surface area contributed by atoms with Crippen molar-refractivity contribution in [1.29, 1.82) is 0 Å². The summed E-state index contributed by atoms with van der Waals surface area (Å²) in [4.78, 5) is 12.8. The number of carbonyl (C=O) groups is 1. The molecule has 0 aliphatic heterocycles. The highest BCUT2D eigenvalue weighted by Crippen LogP contribution is 2.50. The molecule has 0 N–H and O–H groups in total. The molecule has 118 valence electrons. The van der Waals surface area contributed by atoms with Crippen LogP contribution in [-0.4, -0.2) is 12.6 Å². The second-order valence-electron chi connectivity index (χ2n) is 6.77. The van der Waals surface area contributed by atoms with Gasteiger partial charge in [0, 0.05) is 0 Å². The minimum absolute atomic E-state index is 0.162. The second kappa shape index (κ2) is 5.84. The molecule has 1 saturated carbocycles. The van der Waals surface area contributed by atoms with Gasteiger partial charge in [0.25, 0.3) is 0 Å². The molecular weight excluding hydrogens is 284 g/mol. The van der Waals surface area contributed by atoms with Gasteiger partial charge in [-0.25, -0.2) is 4.79 Å². The van der Waals surface area contributed by atoms with Crippen LogP contribution in [0.1, 0.15) is 48.0 Å². The van der Waals surface area contributed by atoms with Crippen molar-refractivity contribution in [1.82, 2.24) is 0 Å². The minimum Gasteiger partial charge on any atom is -0.462 e. The molecule has 2 aliphatic carbocycles. The van der Waals surface area contributed by atoms with Gasteiger partial charge < -0.3 is 4.74 Å². The van der Waals surface area contributed by atoms with Crippen molar-refractivity contribution < 1.29 is 9.53 Å². The second-order valence-corrected chi connectivity index (χ2v) is 6.77. The number of hydrogen-bond acceptors (Lipinski definition) is 2. The van der Waals surface area contributed by atoms with E-state index >= 15 is 0 Å². The largest absolute Gasteiger partial charge is 0.462 e. The minimum atomic E-state index is -0.162. The fraction of sp³-hybridized carbons (Fsp3) is 0.381. The molecule has 2 nitrogen and oxygen atoms in total.